The fraction of sp³-hybridized carbons (Fsp3) is 0.636. The number of hydrogen-bond donors (Lipinski definition) is 2. The van der Waals surface area contributed by atoms with Crippen molar-refractivity contribution in [1.29, 1.82) is 0 Å². The first-order valence-corrected chi connectivity index (χ1v) is 5.97. The predicted molar refractivity (Wildman–Crippen MR) is 60.6 cm³/mol. The molecule has 1 aliphatic carbocycles. The number of aromatic nitrogens is 1. The molecule has 0 bridgehead atoms. The molecule has 0 saturated heterocycles. The largest absolute Gasteiger partial charge is 0.392 e. The SMILES string of the molecule is CCc1cc(NC(=O)NC[C@H]2C[C@@H]2C(F)(F)F)no1. The van der Waals surface area contributed by atoms with Crippen molar-refractivity contribution < 1.29 is 22.5 Å². The third-order valence-corrected chi connectivity index (χ3v) is 3.02. The van der Waals surface area contributed by atoms with E-state index in [9.17, 15) is 18.0 Å². The number of hydrogen-bond acceptors (Lipinski definition) is 3. The molecule has 1 fully saturated rings. The lowest BCUT2D eigenvalue weighted by atomic mass is 10.3. The molecular weight excluding hydrogens is 263 g/mol. The number of carbonyl (C=O) groups excluding carboxylic acids is 1. The van der Waals surface area contributed by atoms with Crippen LogP contribution in [0, 0.1) is 11.8 Å². The van der Waals surface area contributed by atoms with Crippen LogP contribution in [0.1, 0.15) is 19.1 Å². The van der Waals surface area contributed by atoms with Gasteiger partial charge in [-0.1, -0.05) is 12.1 Å². The lowest BCUT2D eigenvalue weighted by Gasteiger charge is -2.06. The van der Waals surface area contributed by atoms with E-state index in [-0.39, 0.29) is 18.8 Å². The van der Waals surface area contributed by atoms with Gasteiger partial charge in [-0.05, 0) is 12.3 Å². The fourth-order valence-electron chi connectivity index (χ4n) is 1.80. The van der Waals surface area contributed by atoms with Gasteiger partial charge in [0.25, 0.3) is 0 Å². The minimum absolute atomic E-state index is 0.00843. The molecule has 2 N–H and O–H groups in total. The number of nitrogens with zero attached hydrogens (tertiary/aromatic N) is 1. The van der Waals surface area contributed by atoms with E-state index in [2.05, 4.69) is 15.8 Å². The van der Waals surface area contributed by atoms with Gasteiger partial charge in [0.05, 0.1) is 5.92 Å². The van der Waals surface area contributed by atoms with E-state index in [0.29, 0.717) is 12.2 Å². The topological polar surface area (TPSA) is 67.2 Å². The first-order chi connectivity index (χ1) is 8.90. The number of carbonyl (C=O) groups is 1. The Morgan fingerprint density at radius 2 is 2.32 bits per heavy atom. The molecule has 19 heavy (non-hydrogen) atoms. The van der Waals surface area contributed by atoms with Crippen molar-refractivity contribution in [3.63, 3.8) is 0 Å². The summed E-state index contributed by atoms with van der Waals surface area (Å²) in [6.45, 7) is 1.88. The molecule has 8 heteroatoms. The van der Waals surface area contributed by atoms with Crippen molar-refractivity contribution in [2.45, 2.75) is 25.9 Å². The van der Waals surface area contributed by atoms with Crippen molar-refractivity contribution in [3.8, 4) is 0 Å². The zero-order valence-electron chi connectivity index (χ0n) is 10.3. The predicted octanol–water partition coefficient (Wildman–Crippen LogP) is 2.56. The molecule has 0 spiro atoms. The second-order valence-electron chi connectivity index (χ2n) is 4.51. The van der Waals surface area contributed by atoms with Gasteiger partial charge in [-0.15, -0.1) is 0 Å². The fourth-order valence-corrected chi connectivity index (χ4v) is 1.80. The summed E-state index contributed by atoms with van der Waals surface area (Å²) in [5.41, 5.74) is 0. The van der Waals surface area contributed by atoms with Crippen LogP contribution in [0.2, 0.25) is 0 Å². The van der Waals surface area contributed by atoms with Crippen molar-refractivity contribution in [2.24, 2.45) is 11.8 Å². The van der Waals surface area contributed by atoms with Crippen LogP contribution in [0.25, 0.3) is 0 Å². The number of halogens is 3. The molecule has 5 nitrogen and oxygen atoms in total. The summed E-state index contributed by atoms with van der Waals surface area (Å²) in [6, 6.07) is 0.985. The lowest BCUT2D eigenvalue weighted by molar-refractivity contribution is -0.150. The Hall–Kier alpha value is -1.73. The first-order valence-electron chi connectivity index (χ1n) is 5.97. The third-order valence-electron chi connectivity index (χ3n) is 3.02. The van der Waals surface area contributed by atoms with Gasteiger partial charge in [-0.2, -0.15) is 13.2 Å². The van der Waals surface area contributed by atoms with E-state index in [1.54, 1.807) is 6.07 Å². The van der Waals surface area contributed by atoms with Gasteiger partial charge in [0.1, 0.15) is 5.76 Å². The van der Waals surface area contributed by atoms with E-state index in [1.807, 2.05) is 6.92 Å². The van der Waals surface area contributed by atoms with Gasteiger partial charge >= 0.3 is 12.2 Å². The quantitative estimate of drug-likeness (QED) is 0.888. The summed E-state index contributed by atoms with van der Waals surface area (Å²) in [4.78, 5) is 11.4. The Morgan fingerprint density at radius 3 is 2.84 bits per heavy atom. The zero-order chi connectivity index (χ0) is 14.0. The summed E-state index contributed by atoms with van der Waals surface area (Å²) in [5, 5.41) is 8.38. The van der Waals surface area contributed by atoms with Crippen molar-refractivity contribution in [2.75, 3.05) is 11.9 Å². The van der Waals surface area contributed by atoms with Gasteiger partial charge < -0.3 is 9.84 Å². The molecule has 1 aromatic rings. The van der Waals surface area contributed by atoms with Crippen LogP contribution in [-0.4, -0.2) is 23.9 Å². The van der Waals surface area contributed by atoms with E-state index in [1.165, 1.54) is 0 Å². The van der Waals surface area contributed by atoms with Crippen LogP contribution in [0.4, 0.5) is 23.8 Å². The Balaban J connectivity index is 1.71. The van der Waals surface area contributed by atoms with E-state index in [4.69, 9.17) is 4.52 Å². The molecule has 1 saturated carbocycles. The number of anilines is 1. The van der Waals surface area contributed by atoms with Gasteiger partial charge in [-0.3, -0.25) is 5.32 Å². The van der Waals surface area contributed by atoms with Crippen LogP contribution in [-0.2, 0) is 6.42 Å². The number of aryl methyl sites for hydroxylation is 1. The Bertz CT molecular complexity index is 458. The molecule has 0 radical (unpaired) electrons. The van der Waals surface area contributed by atoms with Crippen LogP contribution >= 0.6 is 0 Å². The van der Waals surface area contributed by atoms with E-state index >= 15 is 0 Å². The highest BCUT2D eigenvalue weighted by molar-refractivity contribution is 5.88. The lowest BCUT2D eigenvalue weighted by Crippen LogP contribution is -2.31. The number of rotatable bonds is 4. The summed E-state index contributed by atoms with van der Waals surface area (Å²) in [6.07, 6.45) is -3.44. The normalized spacial score (nSPS) is 22.1. The molecular formula is C11H14F3N3O2. The van der Waals surface area contributed by atoms with Crippen molar-refractivity contribution >= 4 is 11.8 Å². The molecule has 2 rings (SSSR count). The number of urea groups is 1. The third kappa shape index (κ3) is 3.62. The monoisotopic (exact) mass is 277 g/mol. The minimum Gasteiger partial charge on any atom is -0.359 e. The Labute approximate surface area is 107 Å². The first kappa shape index (κ1) is 13.7. The number of nitrogens with one attached hydrogen (secondary N) is 2. The average Bonchev–Trinajstić information content (AvgIpc) is 3.00. The van der Waals surface area contributed by atoms with E-state index < -0.39 is 24.0 Å². The molecule has 2 atom stereocenters. The summed E-state index contributed by atoms with van der Waals surface area (Å²) < 4.78 is 41.6. The van der Waals surface area contributed by atoms with Crippen molar-refractivity contribution in [3.05, 3.63) is 11.8 Å². The molecule has 1 aromatic heterocycles. The van der Waals surface area contributed by atoms with Crippen LogP contribution in [0.5, 0.6) is 0 Å². The maximum atomic E-state index is 12.3. The zero-order valence-corrected chi connectivity index (χ0v) is 10.3. The van der Waals surface area contributed by atoms with E-state index in [0.717, 1.165) is 0 Å². The van der Waals surface area contributed by atoms with Crippen molar-refractivity contribution in [1.82, 2.24) is 10.5 Å². The molecule has 1 heterocycles. The summed E-state index contributed by atoms with van der Waals surface area (Å²) in [7, 11) is 0. The standard InChI is InChI=1S/C11H14F3N3O2/c1-2-7-4-9(17-19-7)16-10(18)15-5-6-3-8(6)11(12,13)14/h4,6,8H,2-3,5H2,1H3,(H2,15,16,17,18)/t6-,8+/m1/s1. The second kappa shape index (κ2) is 5.10. The summed E-state index contributed by atoms with van der Waals surface area (Å²) >= 11 is 0. The highest BCUT2D eigenvalue weighted by Crippen LogP contribution is 2.49. The molecule has 106 valence electrons. The highest BCUT2D eigenvalue weighted by Gasteiger charge is 2.55. The smallest absolute Gasteiger partial charge is 0.359 e. The average molecular weight is 277 g/mol. The van der Waals surface area contributed by atoms with Gasteiger partial charge in [0, 0.05) is 19.0 Å². The number of alkyl halides is 3. The minimum atomic E-state index is -4.16. The van der Waals surface area contributed by atoms with Gasteiger partial charge in [0.2, 0.25) is 0 Å². The van der Waals surface area contributed by atoms with Crippen LogP contribution in [0.15, 0.2) is 10.6 Å². The Morgan fingerprint density at radius 1 is 1.58 bits per heavy atom. The second-order valence-corrected chi connectivity index (χ2v) is 4.51. The van der Waals surface area contributed by atoms with Crippen LogP contribution in [0.3, 0.4) is 0 Å². The molecule has 0 aliphatic heterocycles. The van der Waals surface area contributed by atoms with Gasteiger partial charge in [0.15, 0.2) is 5.82 Å². The maximum absolute atomic E-state index is 12.3. The number of amides is 2. The molecule has 0 unspecified atom stereocenters. The molecule has 0 aromatic carbocycles. The molecule has 2 amide bonds. The summed E-state index contributed by atoms with van der Waals surface area (Å²) in [5.74, 6) is -0.937. The maximum Gasteiger partial charge on any atom is 0.392 e. The van der Waals surface area contributed by atoms with Crippen LogP contribution < -0.4 is 10.6 Å². The van der Waals surface area contributed by atoms with Gasteiger partial charge in [-0.25, -0.2) is 4.79 Å². The Kier molecular flexibility index (Phi) is 3.68. The highest BCUT2D eigenvalue weighted by atomic mass is 19.4. The molecule has 1 aliphatic rings.